The predicted molar refractivity (Wildman–Crippen MR) is 65.0 cm³/mol. The summed E-state index contributed by atoms with van der Waals surface area (Å²) in [7, 11) is 0. The van der Waals surface area contributed by atoms with E-state index in [2.05, 4.69) is 0 Å². The smallest absolute Gasteiger partial charge is 0.416 e. The molecule has 0 aliphatic heterocycles. The van der Waals surface area contributed by atoms with E-state index < -0.39 is 17.4 Å². The van der Waals surface area contributed by atoms with E-state index in [1.165, 1.54) is 6.07 Å². The molecule has 5 heteroatoms. The van der Waals surface area contributed by atoms with E-state index in [0.717, 1.165) is 12.1 Å². The van der Waals surface area contributed by atoms with Crippen LogP contribution in [0.25, 0.3) is 21.7 Å². The van der Waals surface area contributed by atoms with Crippen LogP contribution in [0.15, 0.2) is 51.7 Å². The Morgan fingerprint density at radius 1 is 0.895 bits per heavy atom. The summed E-state index contributed by atoms with van der Waals surface area (Å²) in [5.41, 5.74) is -1.26. The molecule has 0 saturated carbocycles. The molecule has 0 spiro atoms. The Bertz CT molecular complexity index is 831. The maximum Gasteiger partial charge on any atom is 0.416 e. The Hall–Kier alpha value is -2.30. The van der Waals surface area contributed by atoms with Crippen molar-refractivity contribution in [2.24, 2.45) is 0 Å². The third kappa shape index (κ3) is 1.87. The van der Waals surface area contributed by atoms with Crippen LogP contribution in [0.4, 0.5) is 13.2 Å². The molecule has 0 aliphatic rings. The lowest BCUT2D eigenvalue weighted by Crippen LogP contribution is -2.07. The SMILES string of the molecule is O=c1oc2ccccc2c2ccc(C(F)(F)F)cc12. The molecule has 0 fully saturated rings. The predicted octanol–water partition coefficient (Wildman–Crippen LogP) is 3.97. The van der Waals surface area contributed by atoms with Crippen LogP contribution >= 0.6 is 0 Å². The first-order valence-corrected chi connectivity index (χ1v) is 5.49. The summed E-state index contributed by atoms with van der Waals surface area (Å²) >= 11 is 0. The second-order valence-corrected chi connectivity index (χ2v) is 4.14. The van der Waals surface area contributed by atoms with Crippen molar-refractivity contribution in [1.29, 1.82) is 0 Å². The largest absolute Gasteiger partial charge is 0.422 e. The van der Waals surface area contributed by atoms with Crippen LogP contribution in [0.1, 0.15) is 5.56 Å². The minimum absolute atomic E-state index is 0.0616. The minimum Gasteiger partial charge on any atom is -0.422 e. The zero-order valence-electron chi connectivity index (χ0n) is 9.49. The first-order valence-electron chi connectivity index (χ1n) is 5.49. The Balaban J connectivity index is 2.45. The van der Waals surface area contributed by atoms with Crippen LogP contribution in [0.2, 0.25) is 0 Å². The number of alkyl halides is 3. The number of hydrogen-bond donors (Lipinski definition) is 0. The van der Waals surface area contributed by atoms with E-state index >= 15 is 0 Å². The Morgan fingerprint density at radius 3 is 2.37 bits per heavy atom. The molecule has 0 atom stereocenters. The molecule has 0 aliphatic carbocycles. The zero-order valence-corrected chi connectivity index (χ0v) is 9.49. The van der Waals surface area contributed by atoms with Gasteiger partial charge >= 0.3 is 11.8 Å². The molecular formula is C14H7F3O2. The molecule has 2 nitrogen and oxygen atoms in total. The van der Waals surface area contributed by atoms with Crippen LogP contribution in [0.5, 0.6) is 0 Å². The highest BCUT2D eigenvalue weighted by molar-refractivity contribution is 6.04. The van der Waals surface area contributed by atoms with Gasteiger partial charge in [-0.1, -0.05) is 24.3 Å². The van der Waals surface area contributed by atoms with Crippen LogP contribution in [0, 0.1) is 0 Å². The summed E-state index contributed by atoms with van der Waals surface area (Å²) in [6.45, 7) is 0. The Kier molecular flexibility index (Phi) is 2.38. The van der Waals surface area contributed by atoms with Gasteiger partial charge in [-0.2, -0.15) is 13.2 Å². The number of fused-ring (bicyclic) bond motifs is 3. The summed E-state index contributed by atoms with van der Waals surface area (Å²) in [6.07, 6.45) is -4.48. The minimum atomic E-state index is -4.48. The first kappa shape index (κ1) is 11.8. The average molecular weight is 264 g/mol. The second-order valence-electron chi connectivity index (χ2n) is 4.14. The van der Waals surface area contributed by atoms with Gasteiger partial charge in [0.25, 0.3) is 0 Å². The molecule has 0 unspecified atom stereocenters. The van der Waals surface area contributed by atoms with Crippen LogP contribution < -0.4 is 5.63 Å². The Morgan fingerprint density at radius 2 is 1.63 bits per heavy atom. The second kappa shape index (κ2) is 3.85. The number of halogens is 3. The monoisotopic (exact) mass is 264 g/mol. The van der Waals surface area contributed by atoms with Crippen molar-refractivity contribution in [2.45, 2.75) is 6.18 Å². The van der Waals surface area contributed by atoms with Gasteiger partial charge in [0.2, 0.25) is 0 Å². The number of rotatable bonds is 0. The van der Waals surface area contributed by atoms with E-state index in [1.54, 1.807) is 24.3 Å². The van der Waals surface area contributed by atoms with Gasteiger partial charge in [-0.3, -0.25) is 0 Å². The van der Waals surface area contributed by atoms with Gasteiger partial charge < -0.3 is 4.42 Å². The average Bonchev–Trinajstić information content (AvgIpc) is 2.37. The fraction of sp³-hybridized carbons (Fsp3) is 0.0714. The topological polar surface area (TPSA) is 30.2 Å². The maximum atomic E-state index is 12.6. The first-order chi connectivity index (χ1) is 8.97. The molecule has 96 valence electrons. The van der Waals surface area contributed by atoms with Crippen molar-refractivity contribution >= 4 is 21.7 Å². The molecule has 0 bridgehead atoms. The van der Waals surface area contributed by atoms with Crippen LogP contribution in [-0.2, 0) is 6.18 Å². The van der Waals surface area contributed by atoms with E-state index in [9.17, 15) is 18.0 Å². The highest BCUT2D eigenvalue weighted by Gasteiger charge is 2.30. The summed E-state index contributed by atoms with van der Waals surface area (Å²) < 4.78 is 42.9. The van der Waals surface area contributed by atoms with Gasteiger partial charge in [0, 0.05) is 5.39 Å². The summed E-state index contributed by atoms with van der Waals surface area (Å²) in [6, 6.07) is 9.83. The molecule has 0 N–H and O–H groups in total. The summed E-state index contributed by atoms with van der Waals surface area (Å²) in [5.74, 6) is 0. The van der Waals surface area contributed by atoms with Gasteiger partial charge in [0.15, 0.2) is 0 Å². The van der Waals surface area contributed by atoms with Gasteiger partial charge in [-0.25, -0.2) is 4.79 Å². The molecule has 0 amide bonds. The third-order valence-electron chi connectivity index (χ3n) is 2.95. The quantitative estimate of drug-likeness (QED) is 0.454. The van der Waals surface area contributed by atoms with Crippen LogP contribution in [-0.4, -0.2) is 0 Å². The van der Waals surface area contributed by atoms with Crippen molar-refractivity contribution < 1.29 is 17.6 Å². The van der Waals surface area contributed by atoms with Gasteiger partial charge in [0.05, 0.1) is 10.9 Å². The Labute approximate surface area is 105 Å². The number of hydrogen-bond acceptors (Lipinski definition) is 2. The van der Waals surface area contributed by atoms with E-state index in [0.29, 0.717) is 16.4 Å². The number of para-hydroxylation sites is 1. The van der Waals surface area contributed by atoms with Crippen molar-refractivity contribution in [1.82, 2.24) is 0 Å². The van der Waals surface area contributed by atoms with E-state index in [4.69, 9.17) is 4.42 Å². The summed E-state index contributed by atoms with van der Waals surface area (Å²) in [4.78, 5) is 11.7. The maximum absolute atomic E-state index is 12.6. The van der Waals surface area contributed by atoms with Crippen molar-refractivity contribution in [3.63, 3.8) is 0 Å². The fourth-order valence-electron chi connectivity index (χ4n) is 2.06. The lowest BCUT2D eigenvalue weighted by molar-refractivity contribution is -0.137. The molecule has 3 rings (SSSR count). The highest BCUT2D eigenvalue weighted by Crippen LogP contribution is 2.32. The lowest BCUT2D eigenvalue weighted by atomic mass is 10.0. The van der Waals surface area contributed by atoms with E-state index in [1.807, 2.05) is 0 Å². The standard InChI is InChI=1S/C14H7F3O2/c15-14(16,17)8-5-6-9-10-3-1-2-4-12(10)19-13(18)11(9)7-8/h1-7H. The molecular weight excluding hydrogens is 257 g/mol. The van der Waals surface area contributed by atoms with Crippen LogP contribution in [0.3, 0.4) is 0 Å². The zero-order chi connectivity index (χ0) is 13.6. The van der Waals surface area contributed by atoms with Crippen molar-refractivity contribution in [3.8, 4) is 0 Å². The van der Waals surface area contributed by atoms with Crippen molar-refractivity contribution in [2.75, 3.05) is 0 Å². The van der Waals surface area contributed by atoms with Gasteiger partial charge in [-0.05, 0) is 23.6 Å². The van der Waals surface area contributed by atoms with Gasteiger partial charge in [0.1, 0.15) is 5.58 Å². The lowest BCUT2D eigenvalue weighted by Gasteiger charge is -2.08. The van der Waals surface area contributed by atoms with Crippen molar-refractivity contribution in [3.05, 3.63) is 58.4 Å². The molecule has 1 heterocycles. The number of benzene rings is 2. The summed E-state index contributed by atoms with van der Waals surface area (Å²) in [5, 5.41) is 1.01. The van der Waals surface area contributed by atoms with Gasteiger partial charge in [-0.15, -0.1) is 0 Å². The molecule has 3 aromatic rings. The molecule has 0 radical (unpaired) electrons. The fourth-order valence-corrected chi connectivity index (χ4v) is 2.06. The highest BCUT2D eigenvalue weighted by atomic mass is 19.4. The third-order valence-corrected chi connectivity index (χ3v) is 2.95. The van der Waals surface area contributed by atoms with E-state index in [-0.39, 0.29) is 5.39 Å². The molecule has 0 saturated heterocycles. The molecule has 2 aromatic carbocycles. The molecule has 1 aromatic heterocycles. The normalized spacial score (nSPS) is 12.2. The molecule has 19 heavy (non-hydrogen) atoms.